The van der Waals surface area contributed by atoms with E-state index in [-0.39, 0.29) is 29.2 Å². The average molecular weight is 517 g/mol. The summed E-state index contributed by atoms with van der Waals surface area (Å²) in [6, 6.07) is 17.6. The number of nitrogens with zero attached hydrogens (tertiary/aromatic N) is 3. The minimum absolute atomic E-state index is 0.0265. The van der Waals surface area contributed by atoms with Crippen LogP contribution in [0.5, 0.6) is 0 Å². The number of hydrogen-bond acceptors (Lipinski definition) is 8. The summed E-state index contributed by atoms with van der Waals surface area (Å²) in [6.45, 7) is 4.71. The second kappa shape index (κ2) is 10.9. The minimum atomic E-state index is -3.10. The van der Waals surface area contributed by atoms with Crippen molar-refractivity contribution in [3.8, 4) is 0 Å². The summed E-state index contributed by atoms with van der Waals surface area (Å²) >= 11 is 2.72. The van der Waals surface area contributed by atoms with Crippen LogP contribution in [0.4, 0.5) is 10.8 Å². The summed E-state index contributed by atoms with van der Waals surface area (Å²) in [6.07, 6.45) is 0.480. The summed E-state index contributed by atoms with van der Waals surface area (Å²) in [5.74, 6) is 0.721. The maximum absolute atomic E-state index is 13.2. The topological polar surface area (TPSA) is 92.3 Å². The van der Waals surface area contributed by atoms with E-state index in [1.165, 1.54) is 28.7 Å². The minimum Gasteiger partial charge on any atom is -0.334 e. The molecular formula is C24H28N4O3S3. The molecule has 10 heteroatoms. The van der Waals surface area contributed by atoms with E-state index in [4.69, 9.17) is 0 Å². The number of carbonyl (C=O) groups is 1. The van der Waals surface area contributed by atoms with E-state index in [2.05, 4.69) is 41.5 Å². The molecule has 1 fully saturated rings. The van der Waals surface area contributed by atoms with Crippen LogP contribution in [0.1, 0.15) is 37.3 Å². The van der Waals surface area contributed by atoms with Crippen molar-refractivity contribution in [3.63, 3.8) is 0 Å². The first-order valence-corrected chi connectivity index (χ1v) is 14.8. The number of nitrogens with one attached hydrogen (secondary N) is 1. The standard InChI is InChI=1S/C24H28N4O3S3/c1-17(2)19-8-10-20(11-9-19)25-23-26-27-24(33-23)32-15-22(29)28(14-18-6-4-3-5-7-18)21-12-13-34(30,31)16-21/h3-11,17,21H,12-16H2,1-2H3,(H,25,26)/t21-/m0/s1. The third-order valence-electron chi connectivity index (χ3n) is 5.72. The molecule has 2 aromatic carbocycles. The smallest absolute Gasteiger partial charge is 0.233 e. The zero-order valence-electron chi connectivity index (χ0n) is 19.2. The van der Waals surface area contributed by atoms with Gasteiger partial charge in [0.2, 0.25) is 11.0 Å². The molecular weight excluding hydrogens is 488 g/mol. The average Bonchev–Trinajstić information content (AvgIpc) is 3.42. The zero-order chi connectivity index (χ0) is 24.1. The first kappa shape index (κ1) is 24.7. The molecule has 34 heavy (non-hydrogen) atoms. The third-order valence-corrected chi connectivity index (χ3v) is 9.43. The number of thioether (sulfide) groups is 1. The molecule has 1 N–H and O–H groups in total. The Morgan fingerprint density at radius 3 is 2.53 bits per heavy atom. The van der Waals surface area contributed by atoms with E-state index in [1.54, 1.807) is 4.90 Å². The Bertz CT molecular complexity index is 1210. The normalized spacial score (nSPS) is 17.1. The number of benzene rings is 2. The Hall–Kier alpha value is -2.43. The molecule has 1 atom stereocenters. The van der Waals surface area contributed by atoms with E-state index < -0.39 is 9.84 Å². The fourth-order valence-electron chi connectivity index (χ4n) is 3.82. The molecule has 3 aromatic rings. The lowest BCUT2D eigenvalue weighted by Crippen LogP contribution is -2.41. The molecule has 4 rings (SSSR count). The van der Waals surface area contributed by atoms with Gasteiger partial charge < -0.3 is 10.2 Å². The Labute approximate surface area is 208 Å². The Balaban J connectivity index is 1.38. The maximum atomic E-state index is 13.2. The van der Waals surface area contributed by atoms with Crippen molar-refractivity contribution < 1.29 is 13.2 Å². The quantitative estimate of drug-likeness (QED) is 0.412. The maximum Gasteiger partial charge on any atom is 0.233 e. The summed E-state index contributed by atoms with van der Waals surface area (Å²) in [5.41, 5.74) is 3.19. The number of sulfone groups is 1. The summed E-state index contributed by atoms with van der Waals surface area (Å²) < 4.78 is 24.8. The molecule has 180 valence electrons. The summed E-state index contributed by atoms with van der Waals surface area (Å²) in [5, 5.41) is 12.3. The van der Waals surface area contributed by atoms with E-state index in [9.17, 15) is 13.2 Å². The predicted octanol–water partition coefficient (Wildman–Crippen LogP) is 4.71. The molecule has 0 saturated carbocycles. The highest BCUT2D eigenvalue weighted by Gasteiger charge is 2.34. The van der Waals surface area contributed by atoms with Gasteiger partial charge in [0.15, 0.2) is 14.2 Å². The number of anilines is 2. The van der Waals surface area contributed by atoms with Gasteiger partial charge in [-0.2, -0.15) is 0 Å². The van der Waals surface area contributed by atoms with Crippen molar-refractivity contribution in [2.24, 2.45) is 0 Å². The summed E-state index contributed by atoms with van der Waals surface area (Å²) in [4.78, 5) is 14.9. The van der Waals surface area contributed by atoms with Crippen LogP contribution in [-0.2, 0) is 21.2 Å². The van der Waals surface area contributed by atoms with Crippen LogP contribution in [0.25, 0.3) is 0 Å². The van der Waals surface area contributed by atoms with Gasteiger partial charge in [0, 0.05) is 18.3 Å². The van der Waals surface area contributed by atoms with Crippen molar-refractivity contribution in [3.05, 3.63) is 65.7 Å². The van der Waals surface area contributed by atoms with Crippen molar-refractivity contribution in [2.45, 2.75) is 43.1 Å². The van der Waals surface area contributed by atoms with Gasteiger partial charge in [-0.1, -0.05) is 79.4 Å². The Morgan fingerprint density at radius 2 is 1.88 bits per heavy atom. The lowest BCUT2D eigenvalue weighted by atomic mass is 10.0. The predicted molar refractivity (Wildman–Crippen MR) is 138 cm³/mol. The van der Waals surface area contributed by atoms with Gasteiger partial charge in [-0.25, -0.2) is 8.42 Å². The Morgan fingerprint density at radius 1 is 1.15 bits per heavy atom. The molecule has 1 amide bonds. The SMILES string of the molecule is CC(C)c1ccc(Nc2nnc(SCC(=O)N(Cc3ccccc3)[C@H]3CCS(=O)(=O)C3)s2)cc1. The van der Waals surface area contributed by atoms with Crippen molar-refractivity contribution >= 4 is 49.7 Å². The molecule has 1 aromatic heterocycles. The number of aromatic nitrogens is 2. The largest absolute Gasteiger partial charge is 0.334 e. The van der Waals surface area contributed by atoms with Crippen LogP contribution >= 0.6 is 23.1 Å². The monoisotopic (exact) mass is 516 g/mol. The highest BCUT2D eigenvalue weighted by atomic mass is 32.2. The molecule has 0 spiro atoms. The number of amides is 1. The number of rotatable bonds is 9. The third kappa shape index (κ3) is 6.58. The zero-order valence-corrected chi connectivity index (χ0v) is 21.6. The second-order valence-corrected chi connectivity index (χ2v) is 13.1. The molecule has 2 heterocycles. The number of hydrogen-bond donors (Lipinski definition) is 1. The molecule has 1 saturated heterocycles. The molecule has 1 aliphatic heterocycles. The molecule has 7 nitrogen and oxygen atoms in total. The fraction of sp³-hybridized carbons (Fsp3) is 0.375. The van der Waals surface area contributed by atoms with Gasteiger partial charge in [-0.3, -0.25) is 4.79 Å². The lowest BCUT2D eigenvalue weighted by Gasteiger charge is -2.28. The van der Waals surface area contributed by atoms with Crippen LogP contribution < -0.4 is 5.32 Å². The molecule has 0 radical (unpaired) electrons. The highest BCUT2D eigenvalue weighted by molar-refractivity contribution is 8.01. The van der Waals surface area contributed by atoms with Crippen molar-refractivity contribution in [1.29, 1.82) is 0 Å². The van der Waals surface area contributed by atoms with Crippen LogP contribution in [0.3, 0.4) is 0 Å². The van der Waals surface area contributed by atoms with Crippen LogP contribution in [0.15, 0.2) is 58.9 Å². The lowest BCUT2D eigenvalue weighted by molar-refractivity contribution is -0.130. The van der Waals surface area contributed by atoms with Gasteiger partial charge >= 0.3 is 0 Å². The van der Waals surface area contributed by atoms with Gasteiger partial charge in [0.1, 0.15) is 0 Å². The van der Waals surface area contributed by atoms with Gasteiger partial charge in [0.25, 0.3) is 0 Å². The van der Waals surface area contributed by atoms with Crippen LogP contribution in [0, 0.1) is 0 Å². The van der Waals surface area contributed by atoms with Crippen LogP contribution in [-0.4, -0.2) is 52.7 Å². The first-order chi connectivity index (χ1) is 16.3. The van der Waals surface area contributed by atoms with Crippen molar-refractivity contribution in [1.82, 2.24) is 15.1 Å². The fourth-order valence-corrected chi connectivity index (χ4v) is 7.21. The van der Waals surface area contributed by atoms with E-state index >= 15 is 0 Å². The highest BCUT2D eigenvalue weighted by Crippen LogP contribution is 2.29. The molecule has 0 bridgehead atoms. The van der Waals surface area contributed by atoms with Gasteiger partial charge in [-0.15, -0.1) is 10.2 Å². The Kier molecular flexibility index (Phi) is 7.90. The summed E-state index contributed by atoms with van der Waals surface area (Å²) in [7, 11) is -3.10. The number of carbonyl (C=O) groups excluding carboxylic acids is 1. The molecule has 1 aliphatic rings. The first-order valence-electron chi connectivity index (χ1n) is 11.2. The van der Waals surface area contributed by atoms with E-state index in [1.807, 2.05) is 42.5 Å². The molecule has 0 aliphatic carbocycles. The van der Waals surface area contributed by atoms with Crippen LogP contribution in [0.2, 0.25) is 0 Å². The van der Waals surface area contributed by atoms with Gasteiger partial charge in [-0.05, 0) is 35.6 Å². The van der Waals surface area contributed by atoms with E-state index in [0.717, 1.165) is 11.3 Å². The second-order valence-electron chi connectivity index (χ2n) is 8.63. The van der Waals surface area contributed by atoms with E-state index in [0.29, 0.717) is 28.4 Å². The van der Waals surface area contributed by atoms with Gasteiger partial charge in [0.05, 0.1) is 17.3 Å². The molecule has 0 unspecified atom stereocenters. The van der Waals surface area contributed by atoms with Crippen molar-refractivity contribution in [2.75, 3.05) is 22.6 Å².